The molecule has 0 spiro atoms. The van der Waals surface area contributed by atoms with E-state index in [0.29, 0.717) is 27.8 Å². The number of aryl methyl sites for hydroxylation is 1. The van der Waals surface area contributed by atoms with E-state index in [4.69, 9.17) is 4.74 Å². The van der Waals surface area contributed by atoms with Gasteiger partial charge in [-0.15, -0.1) is 21.5 Å². The van der Waals surface area contributed by atoms with Crippen molar-refractivity contribution in [3.63, 3.8) is 0 Å². The lowest BCUT2D eigenvalue weighted by molar-refractivity contribution is -0.113. The van der Waals surface area contributed by atoms with Crippen molar-refractivity contribution in [2.24, 2.45) is 7.05 Å². The third kappa shape index (κ3) is 5.46. The van der Waals surface area contributed by atoms with Crippen LogP contribution in [0.1, 0.15) is 15.9 Å². The minimum absolute atomic E-state index is 0.149. The van der Waals surface area contributed by atoms with Crippen molar-refractivity contribution in [1.29, 1.82) is 0 Å². The maximum Gasteiger partial charge on any atom is 0.255 e. The van der Waals surface area contributed by atoms with Crippen molar-refractivity contribution in [2.45, 2.75) is 12.1 Å². The summed E-state index contributed by atoms with van der Waals surface area (Å²) >= 11 is 2.92. The average Bonchev–Trinajstić information content (AvgIpc) is 3.49. The van der Waals surface area contributed by atoms with Gasteiger partial charge in [0.05, 0.1) is 17.7 Å². The minimum Gasteiger partial charge on any atom is -0.497 e. The van der Waals surface area contributed by atoms with Gasteiger partial charge in [0.15, 0.2) is 11.0 Å². The summed E-state index contributed by atoms with van der Waals surface area (Å²) in [6.45, 7) is 1.88. The van der Waals surface area contributed by atoms with Gasteiger partial charge in [0.25, 0.3) is 5.91 Å². The summed E-state index contributed by atoms with van der Waals surface area (Å²) < 4.78 is 7.00. The lowest BCUT2D eigenvalue weighted by Gasteiger charge is -2.11. The quantitative estimate of drug-likeness (QED) is 0.341. The molecule has 10 heteroatoms. The van der Waals surface area contributed by atoms with Crippen LogP contribution in [0.2, 0.25) is 0 Å². The molecule has 0 aliphatic rings. The Morgan fingerprint density at radius 1 is 1.09 bits per heavy atom. The van der Waals surface area contributed by atoms with Gasteiger partial charge in [-0.3, -0.25) is 9.59 Å². The Morgan fingerprint density at radius 3 is 2.56 bits per heavy atom. The van der Waals surface area contributed by atoms with Crippen molar-refractivity contribution >= 4 is 46.3 Å². The molecular formula is C24H23N5O3S2. The van der Waals surface area contributed by atoms with Crippen LogP contribution in [0.3, 0.4) is 0 Å². The zero-order chi connectivity index (χ0) is 24.1. The monoisotopic (exact) mass is 493 g/mol. The molecule has 0 bridgehead atoms. The fraction of sp³-hybridized carbons (Fsp3) is 0.167. The number of amides is 2. The lowest BCUT2D eigenvalue weighted by Crippen LogP contribution is -2.16. The number of hydrogen-bond donors (Lipinski definition) is 2. The van der Waals surface area contributed by atoms with E-state index in [1.54, 1.807) is 54.8 Å². The number of nitrogens with one attached hydrogen (secondary N) is 2. The first-order chi connectivity index (χ1) is 16.4. The van der Waals surface area contributed by atoms with Crippen molar-refractivity contribution in [3.05, 3.63) is 71.1 Å². The van der Waals surface area contributed by atoms with Crippen LogP contribution in [0.4, 0.5) is 11.4 Å². The molecule has 8 nitrogen and oxygen atoms in total. The van der Waals surface area contributed by atoms with Crippen LogP contribution in [0, 0.1) is 6.92 Å². The molecule has 0 radical (unpaired) electrons. The Labute approximate surface area is 205 Å². The van der Waals surface area contributed by atoms with E-state index in [1.165, 1.54) is 11.8 Å². The molecule has 0 saturated carbocycles. The highest BCUT2D eigenvalue weighted by atomic mass is 32.2. The first-order valence-corrected chi connectivity index (χ1v) is 12.2. The Hall–Kier alpha value is -3.63. The third-order valence-electron chi connectivity index (χ3n) is 5.02. The summed E-state index contributed by atoms with van der Waals surface area (Å²) in [5.41, 5.74) is 2.69. The van der Waals surface area contributed by atoms with Gasteiger partial charge < -0.3 is 19.9 Å². The number of carbonyl (C=O) groups excluding carboxylic acids is 2. The molecule has 2 amide bonds. The van der Waals surface area contributed by atoms with Crippen LogP contribution in [-0.2, 0) is 11.8 Å². The molecule has 2 N–H and O–H groups in total. The van der Waals surface area contributed by atoms with E-state index in [0.717, 1.165) is 16.3 Å². The zero-order valence-electron chi connectivity index (χ0n) is 18.9. The van der Waals surface area contributed by atoms with E-state index >= 15 is 0 Å². The van der Waals surface area contributed by atoms with Gasteiger partial charge in [-0.25, -0.2) is 0 Å². The normalized spacial score (nSPS) is 10.7. The Bertz CT molecular complexity index is 1300. The highest BCUT2D eigenvalue weighted by Crippen LogP contribution is 2.26. The van der Waals surface area contributed by atoms with Crippen molar-refractivity contribution in [2.75, 3.05) is 23.5 Å². The summed E-state index contributed by atoms with van der Waals surface area (Å²) in [4.78, 5) is 26.0. The fourth-order valence-corrected chi connectivity index (χ4v) is 4.66. The van der Waals surface area contributed by atoms with Crippen LogP contribution in [0.5, 0.6) is 5.75 Å². The van der Waals surface area contributed by atoms with E-state index in [1.807, 2.05) is 42.1 Å². The molecule has 0 saturated heterocycles. The maximum absolute atomic E-state index is 12.5. The van der Waals surface area contributed by atoms with Gasteiger partial charge in [0.1, 0.15) is 5.75 Å². The first-order valence-electron chi connectivity index (χ1n) is 10.4. The van der Waals surface area contributed by atoms with E-state index < -0.39 is 0 Å². The average molecular weight is 494 g/mol. The SMILES string of the molecule is COc1ccc(C(=O)Nc2ccc(NC(=O)CSc3nnc(-c4cccs4)n3C)c(C)c2)cc1. The van der Waals surface area contributed by atoms with Gasteiger partial charge in [-0.2, -0.15) is 0 Å². The Balaban J connectivity index is 1.33. The summed E-state index contributed by atoms with van der Waals surface area (Å²) in [6, 6.07) is 16.2. The molecule has 0 aliphatic carbocycles. The van der Waals surface area contributed by atoms with Gasteiger partial charge in [-0.05, 0) is 66.4 Å². The maximum atomic E-state index is 12.5. The van der Waals surface area contributed by atoms with E-state index in [9.17, 15) is 9.59 Å². The number of thiophene rings is 1. The van der Waals surface area contributed by atoms with E-state index in [2.05, 4.69) is 20.8 Å². The number of aromatic nitrogens is 3. The van der Waals surface area contributed by atoms with Crippen molar-refractivity contribution in [1.82, 2.24) is 14.8 Å². The van der Waals surface area contributed by atoms with Crippen LogP contribution in [-0.4, -0.2) is 39.4 Å². The van der Waals surface area contributed by atoms with Gasteiger partial charge in [-0.1, -0.05) is 17.8 Å². The number of benzene rings is 2. The number of hydrogen-bond acceptors (Lipinski definition) is 7. The molecule has 0 aliphatic heterocycles. The lowest BCUT2D eigenvalue weighted by atomic mass is 10.1. The molecule has 0 fully saturated rings. The van der Waals surface area contributed by atoms with Gasteiger partial charge in [0, 0.05) is 24.0 Å². The van der Waals surface area contributed by atoms with Crippen LogP contribution in [0.25, 0.3) is 10.7 Å². The molecule has 0 unspecified atom stereocenters. The first kappa shape index (κ1) is 23.5. The molecular weight excluding hydrogens is 470 g/mol. The second-order valence-corrected chi connectivity index (χ2v) is 9.28. The van der Waals surface area contributed by atoms with Gasteiger partial charge in [0.2, 0.25) is 5.91 Å². The smallest absolute Gasteiger partial charge is 0.255 e. The third-order valence-corrected chi connectivity index (χ3v) is 6.91. The molecule has 2 aromatic heterocycles. The summed E-state index contributed by atoms with van der Waals surface area (Å²) in [5.74, 6) is 1.30. The van der Waals surface area contributed by atoms with Crippen molar-refractivity contribution < 1.29 is 14.3 Å². The van der Waals surface area contributed by atoms with Gasteiger partial charge >= 0.3 is 0 Å². The number of rotatable bonds is 8. The highest BCUT2D eigenvalue weighted by molar-refractivity contribution is 7.99. The number of thioether (sulfide) groups is 1. The molecule has 4 rings (SSSR count). The number of carbonyl (C=O) groups is 2. The van der Waals surface area contributed by atoms with Crippen molar-refractivity contribution in [3.8, 4) is 16.5 Å². The molecule has 0 atom stereocenters. The highest BCUT2D eigenvalue weighted by Gasteiger charge is 2.14. The second kappa shape index (κ2) is 10.5. The number of anilines is 2. The van der Waals surface area contributed by atoms with Crippen LogP contribution < -0.4 is 15.4 Å². The zero-order valence-corrected chi connectivity index (χ0v) is 20.5. The Kier molecular flexibility index (Phi) is 7.29. The molecule has 174 valence electrons. The standard InChI is InChI=1S/C24H23N5O3S2/c1-15-13-17(25-23(31)16-6-9-18(32-3)10-7-16)8-11-19(15)26-21(30)14-34-24-28-27-22(29(24)2)20-5-4-12-33-20/h4-13H,14H2,1-3H3,(H,25,31)(H,26,30). The van der Waals surface area contributed by atoms with Crippen LogP contribution in [0.15, 0.2) is 65.1 Å². The Morgan fingerprint density at radius 2 is 1.88 bits per heavy atom. The molecule has 34 heavy (non-hydrogen) atoms. The number of nitrogens with zero attached hydrogens (tertiary/aromatic N) is 3. The molecule has 2 heterocycles. The second-order valence-electron chi connectivity index (χ2n) is 7.39. The largest absolute Gasteiger partial charge is 0.497 e. The number of ether oxygens (including phenoxy) is 1. The van der Waals surface area contributed by atoms with E-state index in [-0.39, 0.29) is 17.6 Å². The topological polar surface area (TPSA) is 98.1 Å². The van der Waals surface area contributed by atoms with Crippen LogP contribution >= 0.6 is 23.1 Å². The molecule has 4 aromatic rings. The predicted octanol–water partition coefficient (Wildman–Crippen LogP) is 4.84. The predicted molar refractivity (Wildman–Crippen MR) is 136 cm³/mol. The minimum atomic E-state index is -0.221. The number of methoxy groups -OCH3 is 1. The fourth-order valence-electron chi connectivity index (χ4n) is 3.20. The summed E-state index contributed by atoms with van der Waals surface area (Å²) in [5, 5.41) is 16.9. The molecule has 2 aromatic carbocycles. The summed E-state index contributed by atoms with van der Waals surface area (Å²) in [6.07, 6.45) is 0. The summed E-state index contributed by atoms with van der Waals surface area (Å²) in [7, 11) is 3.47.